The molecule has 0 amide bonds. The lowest BCUT2D eigenvalue weighted by Crippen LogP contribution is -2.13. The molecule has 194 valence electrons. The molecule has 2 aliphatic carbocycles. The van der Waals surface area contributed by atoms with E-state index in [1.807, 2.05) is 0 Å². The van der Waals surface area contributed by atoms with Gasteiger partial charge in [0.15, 0.2) is 0 Å². The number of nitrogens with one attached hydrogen (secondary N) is 1. The van der Waals surface area contributed by atoms with Gasteiger partial charge in [0.1, 0.15) is 12.4 Å². The highest BCUT2D eigenvalue weighted by Crippen LogP contribution is 2.64. The molecule has 5 nitrogen and oxygen atoms in total. The monoisotopic (exact) mass is 499 g/mol. The zero-order valence-corrected chi connectivity index (χ0v) is 22.3. The molecule has 0 saturated heterocycles. The summed E-state index contributed by atoms with van der Waals surface area (Å²) in [6.45, 7) is 8.33. The number of anilines is 1. The van der Waals surface area contributed by atoms with Crippen molar-refractivity contribution in [3.8, 4) is 16.9 Å². The lowest BCUT2D eigenvalue weighted by molar-refractivity contribution is -0.137. The number of fused-ring (bicyclic) bond motifs is 1. The van der Waals surface area contributed by atoms with E-state index < -0.39 is 5.97 Å². The highest BCUT2D eigenvalue weighted by atomic mass is 16.5. The summed E-state index contributed by atoms with van der Waals surface area (Å²) in [6.07, 6.45) is 3.54. The van der Waals surface area contributed by atoms with Gasteiger partial charge in [-0.2, -0.15) is 0 Å². The number of carboxylic acids is 1. The van der Waals surface area contributed by atoms with Gasteiger partial charge in [-0.1, -0.05) is 24.3 Å². The van der Waals surface area contributed by atoms with E-state index in [4.69, 9.17) is 9.47 Å². The first kappa shape index (κ1) is 25.3. The Balaban J connectivity index is 1.33. The second-order valence-electron chi connectivity index (χ2n) is 10.8. The molecule has 3 aromatic carbocycles. The van der Waals surface area contributed by atoms with Gasteiger partial charge in [0.2, 0.25) is 0 Å². The smallest absolute Gasteiger partial charge is 0.303 e. The van der Waals surface area contributed by atoms with Gasteiger partial charge in [0.25, 0.3) is 0 Å². The van der Waals surface area contributed by atoms with Crippen molar-refractivity contribution in [3.63, 3.8) is 0 Å². The average molecular weight is 500 g/mol. The molecule has 5 rings (SSSR count). The minimum atomic E-state index is -0.694. The number of ether oxygens (including phenoxy) is 2. The molecule has 0 bridgehead atoms. The number of carbonyl (C=O) groups is 1. The first-order chi connectivity index (χ1) is 17.8. The number of aryl methyl sites for hydroxylation is 2. The summed E-state index contributed by atoms with van der Waals surface area (Å²) < 4.78 is 11.0. The fourth-order valence-corrected chi connectivity index (χ4v) is 6.25. The van der Waals surface area contributed by atoms with Crippen LogP contribution in [0.25, 0.3) is 11.1 Å². The van der Waals surface area contributed by atoms with Crippen molar-refractivity contribution >= 4 is 11.7 Å². The third-order valence-corrected chi connectivity index (χ3v) is 8.33. The second kappa shape index (κ2) is 10.2. The number of methoxy groups -OCH3 is 1. The highest BCUT2D eigenvalue weighted by molar-refractivity contribution is 5.75. The predicted octanol–water partition coefficient (Wildman–Crippen LogP) is 6.81. The zero-order valence-electron chi connectivity index (χ0n) is 22.3. The Kier molecular flexibility index (Phi) is 7.00. The van der Waals surface area contributed by atoms with E-state index in [-0.39, 0.29) is 17.8 Å². The van der Waals surface area contributed by atoms with Crippen molar-refractivity contribution in [2.75, 3.05) is 25.6 Å². The topological polar surface area (TPSA) is 67.8 Å². The van der Waals surface area contributed by atoms with E-state index in [0.29, 0.717) is 13.2 Å². The number of hydrogen-bond donors (Lipinski definition) is 2. The maximum Gasteiger partial charge on any atom is 0.303 e. The summed E-state index contributed by atoms with van der Waals surface area (Å²) in [5.41, 5.74) is 11.3. The molecule has 1 spiro atoms. The number of carboxylic acid groups (broad SMARTS) is 1. The van der Waals surface area contributed by atoms with Crippen molar-refractivity contribution in [1.82, 2.24) is 0 Å². The van der Waals surface area contributed by atoms with Gasteiger partial charge in [-0.05, 0) is 114 Å². The second-order valence-corrected chi connectivity index (χ2v) is 10.8. The van der Waals surface area contributed by atoms with Crippen molar-refractivity contribution in [3.05, 3.63) is 81.9 Å². The molecule has 1 saturated carbocycles. The molecule has 0 aromatic heterocycles. The Labute approximate surface area is 219 Å². The van der Waals surface area contributed by atoms with Crippen LogP contribution >= 0.6 is 0 Å². The molecule has 0 unspecified atom stereocenters. The van der Waals surface area contributed by atoms with Crippen molar-refractivity contribution in [2.45, 2.75) is 58.9 Å². The fraction of sp³-hybridized carbons (Fsp3) is 0.406. The van der Waals surface area contributed by atoms with Crippen LogP contribution in [0.15, 0.2) is 48.5 Å². The van der Waals surface area contributed by atoms with E-state index in [0.717, 1.165) is 37.2 Å². The van der Waals surface area contributed by atoms with Crippen LogP contribution in [0.2, 0.25) is 0 Å². The van der Waals surface area contributed by atoms with Crippen LogP contribution in [0.5, 0.6) is 5.75 Å². The highest BCUT2D eigenvalue weighted by Gasteiger charge is 2.54. The average Bonchev–Trinajstić information content (AvgIpc) is 3.56. The lowest BCUT2D eigenvalue weighted by atomic mass is 9.87. The van der Waals surface area contributed by atoms with Crippen LogP contribution in [-0.2, 0) is 22.5 Å². The molecule has 3 aromatic rings. The Morgan fingerprint density at radius 1 is 1.05 bits per heavy atom. The normalized spacial score (nSPS) is 17.0. The summed E-state index contributed by atoms with van der Waals surface area (Å²) in [4.78, 5) is 11.5. The Bertz CT molecular complexity index is 1300. The standard InChI is InChI=1S/C32H37NO4/c1-20-14-26(37-13-12-36-4)15-21(2)31(20)27-7-5-6-23(22(27)3)19-33-25-8-9-28-24(16-25)18-32(10-11-32)29(28)17-30(34)35/h5-9,14-16,29,33H,10-13,17-19H2,1-4H3,(H,34,35)/t29-/m1/s1. The number of aliphatic carboxylic acids is 1. The zero-order chi connectivity index (χ0) is 26.2. The molecule has 0 heterocycles. The van der Waals surface area contributed by atoms with Crippen LogP contribution in [0.4, 0.5) is 5.69 Å². The van der Waals surface area contributed by atoms with Gasteiger partial charge >= 0.3 is 5.97 Å². The fourth-order valence-electron chi connectivity index (χ4n) is 6.25. The van der Waals surface area contributed by atoms with Crippen molar-refractivity contribution in [1.29, 1.82) is 0 Å². The van der Waals surface area contributed by atoms with Gasteiger partial charge in [-0.3, -0.25) is 4.79 Å². The molecule has 37 heavy (non-hydrogen) atoms. The minimum Gasteiger partial charge on any atom is -0.491 e. The molecule has 1 atom stereocenters. The van der Waals surface area contributed by atoms with Gasteiger partial charge in [0.05, 0.1) is 13.0 Å². The van der Waals surface area contributed by atoms with E-state index in [1.54, 1.807) is 7.11 Å². The molecule has 2 aliphatic rings. The van der Waals surface area contributed by atoms with Crippen LogP contribution in [-0.4, -0.2) is 31.4 Å². The van der Waals surface area contributed by atoms with Gasteiger partial charge in [-0.15, -0.1) is 0 Å². The number of hydrogen-bond acceptors (Lipinski definition) is 4. The van der Waals surface area contributed by atoms with E-state index >= 15 is 0 Å². The molecule has 2 N–H and O–H groups in total. The molecule has 0 aliphatic heterocycles. The summed E-state index contributed by atoms with van der Waals surface area (Å²) in [6, 6.07) is 17.3. The molecular formula is C32H37NO4. The summed E-state index contributed by atoms with van der Waals surface area (Å²) in [5.74, 6) is 0.345. The molecule has 1 fully saturated rings. The third kappa shape index (κ3) is 5.10. The maximum atomic E-state index is 11.5. The molecule has 0 radical (unpaired) electrons. The first-order valence-corrected chi connectivity index (χ1v) is 13.2. The van der Waals surface area contributed by atoms with Gasteiger partial charge in [-0.25, -0.2) is 0 Å². The Morgan fingerprint density at radius 3 is 2.49 bits per heavy atom. The van der Waals surface area contributed by atoms with Crippen LogP contribution in [0, 0.1) is 26.2 Å². The van der Waals surface area contributed by atoms with Crippen LogP contribution in [0.3, 0.4) is 0 Å². The summed E-state index contributed by atoms with van der Waals surface area (Å²) >= 11 is 0. The van der Waals surface area contributed by atoms with Crippen molar-refractivity contribution < 1.29 is 19.4 Å². The van der Waals surface area contributed by atoms with Crippen molar-refractivity contribution in [2.24, 2.45) is 5.41 Å². The largest absolute Gasteiger partial charge is 0.491 e. The number of rotatable bonds is 10. The molecular weight excluding hydrogens is 462 g/mol. The Morgan fingerprint density at radius 2 is 1.81 bits per heavy atom. The summed E-state index contributed by atoms with van der Waals surface area (Å²) in [5, 5.41) is 13.1. The first-order valence-electron chi connectivity index (χ1n) is 13.2. The maximum absolute atomic E-state index is 11.5. The quantitative estimate of drug-likeness (QED) is 0.300. The van der Waals surface area contributed by atoms with Crippen LogP contribution in [0.1, 0.15) is 58.6 Å². The lowest BCUT2D eigenvalue weighted by Gasteiger charge is -2.18. The molecule has 5 heteroatoms. The van der Waals surface area contributed by atoms with Gasteiger partial charge in [0, 0.05) is 25.3 Å². The Hall–Kier alpha value is -3.31. The van der Waals surface area contributed by atoms with Crippen LogP contribution < -0.4 is 10.1 Å². The van der Waals surface area contributed by atoms with Gasteiger partial charge < -0.3 is 19.9 Å². The number of benzene rings is 3. The van der Waals surface area contributed by atoms with E-state index in [2.05, 4.69) is 74.6 Å². The predicted molar refractivity (Wildman–Crippen MR) is 148 cm³/mol. The van der Waals surface area contributed by atoms with E-state index in [1.165, 1.54) is 44.5 Å². The minimum absolute atomic E-state index is 0.163. The third-order valence-electron chi connectivity index (χ3n) is 8.33. The SMILES string of the molecule is COCCOc1cc(C)c(-c2cccc(CNc3ccc4c(c3)CC3(CC3)[C@@H]4CC(=O)O)c2C)c(C)c1. The summed E-state index contributed by atoms with van der Waals surface area (Å²) in [7, 11) is 1.68. The van der Waals surface area contributed by atoms with E-state index in [9.17, 15) is 9.90 Å².